The molecule has 1 amide bonds. The molecule has 128 valence electrons. The maximum atomic E-state index is 12.4. The fourth-order valence-corrected chi connectivity index (χ4v) is 2.99. The molecule has 0 spiro atoms. The zero-order valence-electron chi connectivity index (χ0n) is 13.7. The van der Waals surface area contributed by atoms with Crippen LogP contribution in [0.1, 0.15) is 49.4 Å². The van der Waals surface area contributed by atoms with Crippen LogP contribution in [-0.4, -0.2) is 31.7 Å². The molecule has 0 aromatic heterocycles. The summed E-state index contributed by atoms with van der Waals surface area (Å²) in [5, 5.41) is 3.43. The standard InChI is InChI=1S/C17H25ClN2O3/c1-3-8-23-16-14(18)9-11(10-15(16)22-2)17(21)20-13-6-4-12(19)5-7-13/h9-10,12-13H,3-8,19H2,1-2H3,(H,20,21). The van der Waals surface area contributed by atoms with E-state index in [1.165, 1.54) is 7.11 Å². The third-order valence-electron chi connectivity index (χ3n) is 4.05. The number of ether oxygens (including phenoxy) is 2. The molecule has 5 nitrogen and oxygen atoms in total. The third kappa shape index (κ3) is 4.75. The highest BCUT2D eigenvalue weighted by Gasteiger charge is 2.22. The summed E-state index contributed by atoms with van der Waals surface area (Å²) in [5.74, 6) is 0.811. The molecule has 1 aliphatic rings. The highest BCUT2D eigenvalue weighted by atomic mass is 35.5. The molecule has 0 unspecified atom stereocenters. The van der Waals surface area contributed by atoms with Crippen molar-refractivity contribution in [1.29, 1.82) is 0 Å². The molecule has 0 saturated heterocycles. The zero-order chi connectivity index (χ0) is 16.8. The van der Waals surface area contributed by atoms with Gasteiger partial charge in [-0.3, -0.25) is 4.79 Å². The van der Waals surface area contributed by atoms with Crippen molar-refractivity contribution in [3.63, 3.8) is 0 Å². The Bertz CT molecular complexity index is 543. The lowest BCUT2D eigenvalue weighted by Crippen LogP contribution is -2.40. The van der Waals surface area contributed by atoms with E-state index in [1.807, 2.05) is 6.92 Å². The predicted octanol–water partition coefficient (Wildman–Crippen LogP) is 3.14. The number of methoxy groups -OCH3 is 1. The number of nitrogens with two attached hydrogens (primary N) is 1. The van der Waals surface area contributed by atoms with Crippen LogP contribution in [0.5, 0.6) is 11.5 Å². The van der Waals surface area contributed by atoms with Crippen molar-refractivity contribution < 1.29 is 14.3 Å². The smallest absolute Gasteiger partial charge is 0.251 e. The summed E-state index contributed by atoms with van der Waals surface area (Å²) in [4.78, 5) is 12.4. The van der Waals surface area contributed by atoms with Gasteiger partial charge in [-0.15, -0.1) is 0 Å². The summed E-state index contributed by atoms with van der Waals surface area (Å²) < 4.78 is 10.9. The number of carbonyl (C=O) groups is 1. The molecule has 1 saturated carbocycles. The van der Waals surface area contributed by atoms with E-state index >= 15 is 0 Å². The second-order valence-electron chi connectivity index (χ2n) is 5.92. The van der Waals surface area contributed by atoms with Gasteiger partial charge in [0.15, 0.2) is 11.5 Å². The van der Waals surface area contributed by atoms with Crippen LogP contribution in [0.3, 0.4) is 0 Å². The minimum Gasteiger partial charge on any atom is -0.493 e. The lowest BCUT2D eigenvalue weighted by atomic mass is 9.91. The van der Waals surface area contributed by atoms with E-state index in [0.29, 0.717) is 28.7 Å². The van der Waals surface area contributed by atoms with Gasteiger partial charge in [0.1, 0.15) is 0 Å². The van der Waals surface area contributed by atoms with Gasteiger partial charge in [0.25, 0.3) is 5.91 Å². The summed E-state index contributed by atoms with van der Waals surface area (Å²) >= 11 is 6.25. The molecule has 0 aliphatic heterocycles. The van der Waals surface area contributed by atoms with Crippen LogP contribution < -0.4 is 20.5 Å². The van der Waals surface area contributed by atoms with Crippen molar-refractivity contribution >= 4 is 17.5 Å². The van der Waals surface area contributed by atoms with E-state index in [9.17, 15) is 4.79 Å². The highest BCUT2D eigenvalue weighted by Crippen LogP contribution is 2.36. The van der Waals surface area contributed by atoms with Gasteiger partial charge in [-0.2, -0.15) is 0 Å². The SMILES string of the molecule is CCCOc1c(Cl)cc(C(=O)NC2CCC(N)CC2)cc1OC. The van der Waals surface area contributed by atoms with Crippen LogP contribution in [0.15, 0.2) is 12.1 Å². The van der Waals surface area contributed by atoms with Crippen LogP contribution >= 0.6 is 11.6 Å². The number of amides is 1. The van der Waals surface area contributed by atoms with Gasteiger partial charge in [0.2, 0.25) is 0 Å². The third-order valence-corrected chi connectivity index (χ3v) is 4.33. The van der Waals surface area contributed by atoms with Crippen LogP contribution in [0.4, 0.5) is 0 Å². The molecule has 1 aromatic rings. The van der Waals surface area contributed by atoms with Gasteiger partial charge < -0.3 is 20.5 Å². The number of nitrogens with one attached hydrogen (secondary N) is 1. The van der Waals surface area contributed by atoms with E-state index in [4.69, 9.17) is 26.8 Å². The number of hydrogen-bond acceptors (Lipinski definition) is 4. The van der Waals surface area contributed by atoms with Gasteiger partial charge in [-0.25, -0.2) is 0 Å². The second kappa shape index (κ2) is 8.41. The zero-order valence-corrected chi connectivity index (χ0v) is 14.5. The maximum Gasteiger partial charge on any atom is 0.251 e. The molecule has 3 N–H and O–H groups in total. The summed E-state index contributed by atoms with van der Waals surface area (Å²) in [6, 6.07) is 3.72. The first kappa shape index (κ1) is 17.9. The highest BCUT2D eigenvalue weighted by molar-refractivity contribution is 6.32. The first-order valence-electron chi connectivity index (χ1n) is 8.12. The number of carbonyl (C=O) groups excluding carboxylic acids is 1. The molecule has 0 bridgehead atoms. The Morgan fingerprint density at radius 1 is 1.35 bits per heavy atom. The molecule has 2 rings (SSSR count). The van der Waals surface area contributed by atoms with E-state index in [1.54, 1.807) is 12.1 Å². The van der Waals surface area contributed by atoms with E-state index < -0.39 is 0 Å². The Kier molecular flexibility index (Phi) is 6.54. The van der Waals surface area contributed by atoms with Crippen molar-refractivity contribution in [2.75, 3.05) is 13.7 Å². The lowest BCUT2D eigenvalue weighted by Gasteiger charge is -2.27. The Hall–Kier alpha value is -1.46. The van der Waals surface area contributed by atoms with E-state index in [0.717, 1.165) is 32.1 Å². The van der Waals surface area contributed by atoms with Gasteiger partial charge in [-0.1, -0.05) is 18.5 Å². The molecule has 1 aromatic carbocycles. The Morgan fingerprint density at radius 2 is 2.04 bits per heavy atom. The largest absolute Gasteiger partial charge is 0.493 e. The first-order chi connectivity index (χ1) is 11.0. The average molecular weight is 341 g/mol. The summed E-state index contributed by atoms with van der Waals surface area (Å²) in [6.45, 7) is 2.56. The minimum atomic E-state index is -0.146. The van der Waals surface area contributed by atoms with Crippen molar-refractivity contribution in [2.24, 2.45) is 5.73 Å². The van der Waals surface area contributed by atoms with E-state index in [-0.39, 0.29) is 18.0 Å². The van der Waals surface area contributed by atoms with E-state index in [2.05, 4.69) is 5.32 Å². The number of hydrogen-bond donors (Lipinski definition) is 2. The summed E-state index contributed by atoms with van der Waals surface area (Å²) in [5.41, 5.74) is 6.37. The number of rotatable bonds is 6. The van der Waals surface area contributed by atoms with Crippen molar-refractivity contribution in [1.82, 2.24) is 5.32 Å². The van der Waals surface area contributed by atoms with Crippen molar-refractivity contribution in [2.45, 2.75) is 51.1 Å². The molecule has 1 aliphatic carbocycles. The van der Waals surface area contributed by atoms with Crippen LogP contribution in [-0.2, 0) is 0 Å². The Morgan fingerprint density at radius 3 is 2.65 bits per heavy atom. The molecule has 1 fully saturated rings. The van der Waals surface area contributed by atoms with Crippen molar-refractivity contribution in [3.05, 3.63) is 22.7 Å². The fourth-order valence-electron chi connectivity index (χ4n) is 2.73. The average Bonchev–Trinajstić information content (AvgIpc) is 2.55. The summed E-state index contributed by atoms with van der Waals surface area (Å²) in [7, 11) is 1.54. The molecule has 6 heteroatoms. The van der Waals surface area contributed by atoms with Gasteiger partial charge >= 0.3 is 0 Å². The van der Waals surface area contributed by atoms with Crippen LogP contribution in [0, 0.1) is 0 Å². The molecule has 23 heavy (non-hydrogen) atoms. The first-order valence-corrected chi connectivity index (χ1v) is 8.49. The molecular weight excluding hydrogens is 316 g/mol. The molecule has 0 heterocycles. The molecular formula is C17H25ClN2O3. The minimum absolute atomic E-state index is 0.146. The van der Waals surface area contributed by atoms with Gasteiger partial charge in [-0.05, 0) is 44.2 Å². The fraction of sp³-hybridized carbons (Fsp3) is 0.588. The van der Waals surface area contributed by atoms with Gasteiger partial charge in [0, 0.05) is 17.6 Å². The topological polar surface area (TPSA) is 73.6 Å². The second-order valence-corrected chi connectivity index (χ2v) is 6.33. The lowest BCUT2D eigenvalue weighted by molar-refractivity contribution is 0.0925. The predicted molar refractivity (Wildman–Crippen MR) is 91.5 cm³/mol. The number of benzene rings is 1. The monoisotopic (exact) mass is 340 g/mol. The van der Waals surface area contributed by atoms with Crippen LogP contribution in [0.25, 0.3) is 0 Å². The maximum absolute atomic E-state index is 12.4. The molecule has 0 atom stereocenters. The van der Waals surface area contributed by atoms with Gasteiger partial charge in [0.05, 0.1) is 18.7 Å². The Labute approximate surface area is 142 Å². The van der Waals surface area contributed by atoms with Crippen LogP contribution in [0.2, 0.25) is 5.02 Å². The number of halogens is 1. The normalized spacial score (nSPS) is 20.9. The summed E-state index contributed by atoms with van der Waals surface area (Å²) in [6.07, 6.45) is 4.58. The quantitative estimate of drug-likeness (QED) is 0.834. The van der Waals surface area contributed by atoms with Crippen molar-refractivity contribution in [3.8, 4) is 11.5 Å². The Balaban J connectivity index is 2.09. The molecule has 0 radical (unpaired) electrons.